The van der Waals surface area contributed by atoms with Gasteiger partial charge < -0.3 is 14.6 Å². The van der Waals surface area contributed by atoms with Crippen LogP contribution in [-0.2, 0) is 18.4 Å². The van der Waals surface area contributed by atoms with Gasteiger partial charge in [0.15, 0.2) is 0 Å². The molecule has 6 nitrogen and oxygen atoms in total. The maximum absolute atomic E-state index is 12.8. The van der Waals surface area contributed by atoms with E-state index >= 15 is 0 Å². The number of amides is 1. The Labute approximate surface area is 140 Å². The molecule has 1 heterocycles. The van der Waals surface area contributed by atoms with Crippen LogP contribution in [0.3, 0.4) is 0 Å². The highest BCUT2D eigenvalue weighted by Gasteiger charge is 2.19. The number of hydrogen-bond donors (Lipinski definition) is 1. The van der Waals surface area contributed by atoms with Crippen molar-refractivity contribution in [1.82, 2.24) is 9.47 Å². The smallest absolute Gasteiger partial charge is 0.303 e. The lowest BCUT2D eigenvalue weighted by Crippen LogP contribution is -2.36. The summed E-state index contributed by atoms with van der Waals surface area (Å²) in [6.45, 7) is 0.607. The zero-order chi connectivity index (χ0) is 17.5. The Morgan fingerprint density at radius 2 is 1.83 bits per heavy atom. The molecule has 2 aromatic rings. The van der Waals surface area contributed by atoms with Crippen molar-refractivity contribution in [3.63, 3.8) is 0 Å². The summed E-state index contributed by atoms with van der Waals surface area (Å²) in [4.78, 5) is 37.2. The fourth-order valence-corrected chi connectivity index (χ4v) is 2.41. The van der Waals surface area contributed by atoms with Crippen LogP contribution in [0.1, 0.15) is 28.8 Å². The minimum Gasteiger partial charge on any atom is -0.481 e. The van der Waals surface area contributed by atoms with Gasteiger partial charge in [-0.15, -0.1) is 0 Å². The van der Waals surface area contributed by atoms with E-state index in [0.29, 0.717) is 13.0 Å². The second-order valence-electron chi connectivity index (χ2n) is 5.55. The van der Waals surface area contributed by atoms with E-state index in [0.717, 1.165) is 5.56 Å². The second kappa shape index (κ2) is 8.10. The third-order valence-electron chi connectivity index (χ3n) is 3.68. The molecule has 1 amide bonds. The molecule has 0 aliphatic rings. The number of rotatable bonds is 7. The first-order chi connectivity index (χ1) is 11.5. The number of pyridine rings is 1. The van der Waals surface area contributed by atoms with Crippen LogP contribution in [0, 0.1) is 0 Å². The van der Waals surface area contributed by atoms with Crippen molar-refractivity contribution in [1.29, 1.82) is 0 Å². The van der Waals surface area contributed by atoms with Gasteiger partial charge in [-0.3, -0.25) is 14.4 Å². The standard InChI is InChI=1S/C18H20N2O4/c1-19-11-5-9-15(17(19)23)18(24)20(12-6-10-16(21)22)13-14-7-3-2-4-8-14/h2-5,7-9,11H,6,10,12-13H2,1H3,(H,21,22). The number of aryl methyl sites for hydroxylation is 1. The van der Waals surface area contributed by atoms with Crippen molar-refractivity contribution in [3.05, 3.63) is 70.1 Å². The number of aliphatic carboxylic acids is 1. The Hall–Kier alpha value is -2.89. The van der Waals surface area contributed by atoms with Gasteiger partial charge in [0.1, 0.15) is 5.56 Å². The number of carboxylic acid groups (broad SMARTS) is 1. The highest BCUT2D eigenvalue weighted by Crippen LogP contribution is 2.09. The Morgan fingerprint density at radius 1 is 1.12 bits per heavy atom. The lowest BCUT2D eigenvalue weighted by atomic mass is 10.1. The molecule has 0 unspecified atom stereocenters. The minimum atomic E-state index is -0.905. The first-order valence-corrected chi connectivity index (χ1v) is 7.69. The first-order valence-electron chi connectivity index (χ1n) is 7.69. The van der Waals surface area contributed by atoms with Crippen LogP contribution in [-0.4, -0.2) is 33.0 Å². The first kappa shape index (κ1) is 17.5. The molecule has 0 atom stereocenters. The molecule has 24 heavy (non-hydrogen) atoms. The van der Waals surface area contributed by atoms with Crippen LogP contribution in [0.5, 0.6) is 0 Å². The number of aromatic nitrogens is 1. The van der Waals surface area contributed by atoms with E-state index in [1.54, 1.807) is 19.3 Å². The Morgan fingerprint density at radius 3 is 2.50 bits per heavy atom. The van der Waals surface area contributed by atoms with Crippen molar-refractivity contribution in [2.75, 3.05) is 6.54 Å². The fourth-order valence-electron chi connectivity index (χ4n) is 2.41. The number of benzene rings is 1. The van der Waals surface area contributed by atoms with E-state index in [9.17, 15) is 14.4 Å². The van der Waals surface area contributed by atoms with Gasteiger partial charge in [0.25, 0.3) is 11.5 Å². The maximum Gasteiger partial charge on any atom is 0.303 e. The largest absolute Gasteiger partial charge is 0.481 e. The predicted molar refractivity (Wildman–Crippen MR) is 89.7 cm³/mol. The molecule has 2 rings (SSSR count). The molecule has 0 saturated heterocycles. The molecule has 0 bridgehead atoms. The quantitative estimate of drug-likeness (QED) is 0.842. The van der Waals surface area contributed by atoms with E-state index in [-0.39, 0.29) is 30.0 Å². The normalized spacial score (nSPS) is 10.4. The summed E-state index contributed by atoms with van der Waals surface area (Å²) in [6.07, 6.45) is 1.90. The number of nitrogens with zero attached hydrogens (tertiary/aromatic N) is 2. The molecule has 0 aliphatic heterocycles. The van der Waals surface area contributed by atoms with E-state index in [2.05, 4.69) is 0 Å². The van der Waals surface area contributed by atoms with Crippen LogP contribution in [0.15, 0.2) is 53.5 Å². The summed E-state index contributed by atoms with van der Waals surface area (Å²) in [5.74, 6) is -1.29. The van der Waals surface area contributed by atoms with Crippen molar-refractivity contribution >= 4 is 11.9 Å². The average Bonchev–Trinajstić information content (AvgIpc) is 2.56. The van der Waals surface area contributed by atoms with Crippen LogP contribution in [0.4, 0.5) is 0 Å². The lowest BCUT2D eigenvalue weighted by Gasteiger charge is -2.22. The molecular formula is C18H20N2O4. The molecule has 1 N–H and O–H groups in total. The molecule has 1 aromatic heterocycles. The van der Waals surface area contributed by atoms with Gasteiger partial charge in [0, 0.05) is 32.8 Å². The molecule has 0 aliphatic carbocycles. The molecule has 0 fully saturated rings. The number of hydrogen-bond acceptors (Lipinski definition) is 3. The molecule has 6 heteroatoms. The third-order valence-corrected chi connectivity index (χ3v) is 3.68. The number of carbonyl (C=O) groups excluding carboxylic acids is 1. The summed E-state index contributed by atoms with van der Waals surface area (Å²) in [5.41, 5.74) is 0.652. The zero-order valence-electron chi connectivity index (χ0n) is 13.5. The lowest BCUT2D eigenvalue weighted by molar-refractivity contribution is -0.137. The monoisotopic (exact) mass is 328 g/mol. The van der Waals surface area contributed by atoms with Gasteiger partial charge in [-0.05, 0) is 24.1 Å². The molecular weight excluding hydrogens is 308 g/mol. The highest BCUT2D eigenvalue weighted by molar-refractivity contribution is 5.93. The summed E-state index contributed by atoms with van der Waals surface area (Å²) in [5, 5.41) is 8.80. The van der Waals surface area contributed by atoms with Gasteiger partial charge in [0.05, 0.1) is 0 Å². The summed E-state index contributed by atoms with van der Waals surface area (Å²) in [7, 11) is 1.59. The average molecular weight is 328 g/mol. The van der Waals surface area contributed by atoms with E-state index < -0.39 is 5.97 Å². The van der Waals surface area contributed by atoms with Crippen molar-refractivity contribution in [2.45, 2.75) is 19.4 Å². The van der Waals surface area contributed by atoms with E-state index in [4.69, 9.17) is 5.11 Å². The van der Waals surface area contributed by atoms with Crippen LogP contribution < -0.4 is 5.56 Å². The number of carboxylic acids is 1. The summed E-state index contributed by atoms with van der Waals surface area (Å²) in [6, 6.07) is 12.5. The molecule has 0 radical (unpaired) electrons. The van der Waals surface area contributed by atoms with Crippen molar-refractivity contribution in [2.24, 2.45) is 7.05 Å². The van der Waals surface area contributed by atoms with E-state index in [1.807, 2.05) is 30.3 Å². The third kappa shape index (κ3) is 4.55. The van der Waals surface area contributed by atoms with Crippen LogP contribution in [0.2, 0.25) is 0 Å². The second-order valence-corrected chi connectivity index (χ2v) is 5.55. The van der Waals surface area contributed by atoms with Crippen LogP contribution >= 0.6 is 0 Å². The molecule has 0 spiro atoms. The minimum absolute atomic E-state index is 0.0225. The van der Waals surface area contributed by atoms with Gasteiger partial charge in [-0.25, -0.2) is 0 Å². The van der Waals surface area contributed by atoms with E-state index in [1.165, 1.54) is 15.5 Å². The molecule has 126 valence electrons. The predicted octanol–water partition coefficient (Wildman–Crippen LogP) is 1.89. The molecule has 1 aromatic carbocycles. The number of carbonyl (C=O) groups is 2. The Kier molecular flexibility index (Phi) is 5.89. The Balaban J connectivity index is 2.23. The summed E-state index contributed by atoms with van der Waals surface area (Å²) >= 11 is 0. The SMILES string of the molecule is Cn1cccc(C(=O)N(CCCC(=O)O)Cc2ccccc2)c1=O. The highest BCUT2D eigenvalue weighted by atomic mass is 16.4. The van der Waals surface area contributed by atoms with Gasteiger partial charge in [0.2, 0.25) is 0 Å². The zero-order valence-corrected chi connectivity index (χ0v) is 13.5. The van der Waals surface area contributed by atoms with Crippen molar-refractivity contribution in [3.8, 4) is 0 Å². The molecule has 0 saturated carbocycles. The Bertz CT molecular complexity index is 768. The maximum atomic E-state index is 12.8. The fraction of sp³-hybridized carbons (Fsp3) is 0.278. The van der Waals surface area contributed by atoms with Crippen LogP contribution in [0.25, 0.3) is 0 Å². The van der Waals surface area contributed by atoms with Gasteiger partial charge in [-0.1, -0.05) is 30.3 Å². The van der Waals surface area contributed by atoms with Gasteiger partial charge in [-0.2, -0.15) is 0 Å². The van der Waals surface area contributed by atoms with Crippen molar-refractivity contribution < 1.29 is 14.7 Å². The van der Waals surface area contributed by atoms with Gasteiger partial charge >= 0.3 is 5.97 Å². The summed E-state index contributed by atoms with van der Waals surface area (Å²) < 4.78 is 1.35. The topological polar surface area (TPSA) is 79.6 Å².